The molecule has 0 radical (unpaired) electrons. The van der Waals surface area contributed by atoms with E-state index >= 15 is 0 Å². The second kappa shape index (κ2) is 4.47. The van der Waals surface area contributed by atoms with E-state index in [-0.39, 0.29) is 24.5 Å². The monoisotopic (exact) mass is 243 g/mol. The van der Waals surface area contributed by atoms with Crippen LogP contribution in [0.5, 0.6) is 0 Å². The van der Waals surface area contributed by atoms with E-state index in [4.69, 9.17) is 5.11 Å². The fraction of sp³-hybridized carbons (Fsp3) is 0.583. The van der Waals surface area contributed by atoms with Gasteiger partial charge in [-0.25, -0.2) is 13.6 Å². The van der Waals surface area contributed by atoms with Crippen molar-refractivity contribution in [1.29, 1.82) is 0 Å². The number of nitrogens with zero attached hydrogens (tertiary/aromatic N) is 1. The van der Waals surface area contributed by atoms with Crippen LogP contribution in [0.2, 0.25) is 0 Å². The van der Waals surface area contributed by atoms with Gasteiger partial charge in [0.2, 0.25) is 5.92 Å². The van der Waals surface area contributed by atoms with E-state index in [1.165, 1.54) is 6.07 Å². The Kier molecular flexibility index (Phi) is 3.17. The van der Waals surface area contributed by atoms with Gasteiger partial charge in [0.05, 0.1) is 0 Å². The maximum Gasteiger partial charge on any atom is 0.352 e. The number of carboxylic acid groups (broad SMARTS) is 1. The molecular weight excluding hydrogens is 228 g/mol. The zero-order valence-corrected chi connectivity index (χ0v) is 9.40. The van der Waals surface area contributed by atoms with Gasteiger partial charge in [0.25, 0.3) is 0 Å². The molecule has 2 rings (SSSR count). The number of carbonyl (C=O) groups is 1. The first-order valence-electron chi connectivity index (χ1n) is 5.74. The first kappa shape index (κ1) is 12.1. The number of halogens is 2. The molecule has 1 saturated carbocycles. The Bertz CT molecular complexity index is 404. The third kappa shape index (κ3) is 2.84. The molecule has 5 heteroatoms. The predicted molar refractivity (Wildman–Crippen MR) is 58.3 cm³/mol. The molecule has 1 aliphatic rings. The predicted octanol–water partition coefficient (Wildman–Crippen LogP) is 3.01. The van der Waals surface area contributed by atoms with Crippen molar-refractivity contribution in [3.8, 4) is 0 Å². The fourth-order valence-electron chi connectivity index (χ4n) is 2.33. The number of aromatic nitrogens is 1. The molecule has 0 spiro atoms. The molecule has 0 saturated heterocycles. The van der Waals surface area contributed by atoms with Gasteiger partial charge in [-0.3, -0.25) is 0 Å². The number of aromatic carboxylic acids is 1. The van der Waals surface area contributed by atoms with Crippen molar-refractivity contribution in [2.45, 2.75) is 38.2 Å². The third-order valence-corrected chi connectivity index (χ3v) is 3.34. The van der Waals surface area contributed by atoms with Crippen molar-refractivity contribution in [2.24, 2.45) is 5.92 Å². The highest BCUT2D eigenvalue weighted by Crippen LogP contribution is 2.36. The first-order chi connectivity index (χ1) is 7.98. The number of alkyl halides is 2. The van der Waals surface area contributed by atoms with E-state index in [1.807, 2.05) is 0 Å². The molecule has 0 atom stereocenters. The summed E-state index contributed by atoms with van der Waals surface area (Å²) in [4.78, 5) is 10.9. The van der Waals surface area contributed by atoms with Gasteiger partial charge in [-0.05, 0) is 30.9 Å². The normalized spacial score (nSPS) is 20.4. The molecule has 3 nitrogen and oxygen atoms in total. The molecule has 0 amide bonds. The largest absolute Gasteiger partial charge is 0.477 e. The van der Waals surface area contributed by atoms with Crippen LogP contribution in [0.25, 0.3) is 0 Å². The van der Waals surface area contributed by atoms with Crippen molar-refractivity contribution in [2.75, 3.05) is 0 Å². The smallest absolute Gasteiger partial charge is 0.352 e. The summed E-state index contributed by atoms with van der Waals surface area (Å²) in [6, 6.07) is 3.20. The minimum Gasteiger partial charge on any atom is -0.477 e. The molecule has 0 unspecified atom stereocenters. The average Bonchev–Trinajstić information content (AvgIpc) is 2.69. The molecular formula is C12H15F2NO2. The van der Waals surface area contributed by atoms with Crippen LogP contribution in [-0.4, -0.2) is 21.6 Å². The summed E-state index contributed by atoms with van der Waals surface area (Å²) >= 11 is 0. The van der Waals surface area contributed by atoms with E-state index in [2.05, 4.69) is 0 Å². The summed E-state index contributed by atoms with van der Waals surface area (Å²) in [6.07, 6.45) is 2.45. The molecule has 17 heavy (non-hydrogen) atoms. The standard InChI is InChI=1S/C12H15F2NO2/c13-12(14)5-3-9(4-6-12)8-15-7-1-2-10(15)11(16)17/h1-2,7,9H,3-6,8H2,(H,16,17). The van der Waals surface area contributed by atoms with E-state index in [9.17, 15) is 13.6 Å². The van der Waals surface area contributed by atoms with Gasteiger partial charge in [-0.15, -0.1) is 0 Å². The lowest BCUT2D eigenvalue weighted by atomic mass is 9.87. The SMILES string of the molecule is O=C(O)c1cccn1CC1CCC(F)(F)CC1. The molecule has 1 heterocycles. The van der Waals surface area contributed by atoms with Crippen molar-refractivity contribution in [3.05, 3.63) is 24.0 Å². The van der Waals surface area contributed by atoms with E-state index in [1.54, 1.807) is 16.8 Å². The van der Waals surface area contributed by atoms with E-state index in [0.29, 0.717) is 19.4 Å². The van der Waals surface area contributed by atoms with Crippen LogP contribution < -0.4 is 0 Å². The van der Waals surface area contributed by atoms with Gasteiger partial charge in [-0.1, -0.05) is 0 Å². The van der Waals surface area contributed by atoms with Crippen LogP contribution in [0, 0.1) is 5.92 Å². The fourth-order valence-corrected chi connectivity index (χ4v) is 2.33. The number of hydrogen-bond donors (Lipinski definition) is 1. The first-order valence-corrected chi connectivity index (χ1v) is 5.74. The zero-order chi connectivity index (χ0) is 12.5. The van der Waals surface area contributed by atoms with E-state index in [0.717, 1.165) is 0 Å². The minimum atomic E-state index is -2.52. The van der Waals surface area contributed by atoms with Crippen molar-refractivity contribution in [3.63, 3.8) is 0 Å². The summed E-state index contributed by atoms with van der Waals surface area (Å²) in [7, 11) is 0. The molecule has 0 aromatic carbocycles. The number of rotatable bonds is 3. The van der Waals surface area contributed by atoms with Crippen molar-refractivity contribution < 1.29 is 18.7 Å². The molecule has 0 aliphatic heterocycles. The Morgan fingerprint density at radius 2 is 2.12 bits per heavy atom. The molecule has 1 aromatic heterocycles. The van der Waals surface area contributed by atoms with E-state index < -0.39 is 11.9 Å². The highest BCUT2D eigenvalue weighted by Gasteiger charge is 2.35. The number of carboxylic acids is 1. The van der Waals surface area contributed by atoms with Crippen molar-refractivity contribution in [1.82, 2.24) is 4.57 Å². The second-order valence-electron chi connectivity index (χ2n) is 4.65. The van der Waals surface area contributed by atoms with Gasteiger partial charge in [0.1, 0.15) is 5.69 Å². The summed E-state index contributed by atoms with van der Waals surface area (Å²) in [6.45, 7) is 0.519. The van der Waals surface area contributed by atoms with Crippen LogP contribution in [0.3, 0.4) is 0 Å². The van der Waals surface area contributed by atoms with Crippen LogP contribution in [0.15, 0.2) is 18.3 Å². The topological polar surface area (TPSA) is 42.2 Å². The van der Waals surface area contributed by atoms with Gasteiger partial charge >= 0.3 is 5.97 Å². The Morgan fingerprint density at radius 1 is 1.47 bits per heavy atom. The summed E-state index contributed by atoms with van der Waals surface area (Å²) in [5, 5.41) is 8.93. The Labute approximate surface area is 98.1 Å². The molecule has 0 bridgehead atoms. The van der Waals surface area contributed by atoms with Gasteiger partial charge in [0, 0.05) is 25.6 Å². The lowest BCUT2D eigenvalue weighted by molar-refractivity contribution is -0.0474. The van der Waals surface area contributed by atoms with Gasteiger partial charge in [0.15, 0.2) is 0 Å². The van der Waals surface area contributed by atoms with Crippen LogP contribution >= 0.6 is 0 Å². The second-order valence-corrected chi connectivity index (χ2v) is 4.65. The Morgan fingerprint density at radius 3 is 2.71 bits per heavy atom. The molecule has 94 valence electrons. The van der Waals surface area contributed by atoms with Gasteiger partial charge in [-0.2, -0.15) is 0 Å². The number of hydrogen-bond acceptors (Lipinski definition) is 1. The van der Waals surface area contributed by atoms with Crippen LogP contribution in [0.1, 0.15) is 36.2 Å². The molecule has 1 N–H and O–H groups in total. The third-order valence-electron chi connectivity index (χ3n) is 3.34. The Hall–Kier alpha value is -1.39. The minimum absolute atomic E-state index is 0.0820. The van der Waals surface area contributed by atoms with Crippen LogP contribution in [-0.2, 0) is 6.54 Å². The van der Waals surface area contributed by atoms with Crippen molar-refractivity contribution >= 4 is 5.97 Å². The highest BCUT2D eigenvalue weighted by molar-refractivity contribution is 5.85. The maximum atomic E-state index is 13.0. The summed E-state index contributed by atoms with van der Waals surface area (Å²) < 4.78 is 27.6. The molecule has 1 fully saturated rings. The lowest BCUT2D eigenvalue weighted by Gasteiger charge is -2.28. The molecule has 1 aromatic rings. The van der Waals surface area contributed by atoms with Crippen LogP contribution in [0.4, 0.5) is 8.78 Å². The summed E-state index contributed by atoms with van der Waals surface area (Å²) in [5.41, 5.74) is 0.224. The summed E-state index contributed by atoms with van der Waals surface area (Å²) in [5.74, 6) is -3.35. The average molecular weight is 243 g/mol. The quantitative estimate of drug-likeness (QED) is 0.886. The Balaban J connectivity index is 1.98. The van der Waals surface area contributed by atoms with Gasteiger partial charge < -0.3 is 9.67 Å². The zero-order valence-electron chi connectivity index (χ0n) is 9.40. The highest BCUT2D eigenvalue weighted by atomic mass is 19.3. The lowest BCUT2D eigenvalue weighted by Crippen LogP contribution is -2.27. The maximum absolute atomic E-state index is 13.0. The molecule has 1 aliphatic carbocycles.